The van der Waals surface area contributed by atoms with Crippen LogP contribution in [0.1, 0.15) is 139 Å². The average molecular weight is 445 g/mol. The monoisotopic (exact) mass is 444 g/mol. The van der Waals surface area contributed by atoms with Crippen LogP contribution in [0.2, 0.25) is 0 Å². The van der Waals surface area contributed by atoms with Crippen LogP contribution in [-0.4, -0.2) is 11.9 Å². The Morgan fingerprint density at radius 2 is 1.25 bits per heavy atom. The van der Waals surface area contributed by atoms with Crippen molar-refractivity contribution in [2.45, 2.75) is 118 Å². The Balaban J connectivity index is 3.90. The van der Waals surface area contributed by atoms with Crippen molar-refractivity contribution in [1.29, 1.82) is 0 Å². The highest BCUT2D eigenvalue weighted by atomic mass is 16.4. The topological polar surface area (TPSA) is 80.3 Å². The maximum atomic E-state index is 12.6. The molecule has 1 aromatic rings. The van der Waals surface area contributed by atoms with Crippen LogP contribution in [0.5, 0.6) is 0 Å². The van der Waals surface area contributed by atoms with Crippen LogP contribution in [0.3, 0.4) is 0 Å². The summed E-state index contributed by atoms with van der Waals surface area (Å²) in [4.78, 5) is 24.8. The summed E-state index contributed by atoms with van der Waals surface area (Å²) in [5, 5.41) is 24.8. The summed E-state index contributed by atoms with van der Waals surface area (Å²) in [6, 6.07) is 3.26. The van der Waals surface area contributed by atoms with Gasteiger partial charge < -0.3 is 19.8 Å². The molecule has 0 amide bonds. The molecule has 0 aliphatic carbocycles. The molecule has 4 nitrogen and oxygen atoms in total. The average Bonchev–Trinajstić information content (AvgIpc) is 2.73. The Labute approximate surface area is 195 Å². The molecular weight excluding hydrogens is 400 g/mol. The fraction of sp³-hybridized carbons (Fsp3) is 0.714. The lowest BCUT2D eigenvalue weighted by Crippen LogP contribution is -2.40. The van der Waals surface area contributed by atoms with E-state index < -0.39 is 22.8 Å². The lowest BCUT2D eigenvalue weighted by atomic mass is 9.63. The molecule has 0 saturated carbocycles. The second-order valence-electron chi connectivity index (χ2n) is 10.4. The predicted octanol–water partition coefficient (Wildman–Crippen LogP) is 5.40. The van der Waals surface area contributed by atoms with Crippen molar-refractivity contribution in [3.05, 3.63) is 34.4 Å². The molecular formula is C28H44O4-2. The molecule has 0 saturated heterocycles. The predicted molar refractivity (Wildman–Crippen MR) is 128 cm³/mol. The summed E-state index contributed by atoms with van der Waals surface area (Å²) >= 11 is 0. The molecule has 0 spiro atoms. The Hall–Kier alpha value is -1.84. The zero-order valence-electron chi connectivity index (χ0n) is 21.6. The molecule has 0 aromatic heterocycles. The number of unbranched alkanes of at least 4 members (excludes halogenated alkanes) is 2. The van der Waals surface area contributed by atoms with Gasteiger partial charge in [0.1, 0.15) is 0 Å². The minimum atomic E-state index is -1.33. The number of carbonyl (C=O) groups is 2. The Morgan fingerprint density at radius 1 is 0.781 bits per heavy atom. The molecule has 0 heterocycles. The van der Waals surface area contributed by atoms with E-state index in [0.717, 1.165) is 51.4 Å². The van der Waals surface area contributed by atoms with Crippen LogP contribution in [0.15, 0.2) is 12.1 Å². The van der Waals surface area contributed by atoms with E-state index in [2.05, 4.69) is 41.5 Å². The molecule has 1 aromatic carbocycles. The number of rotatable bonds is 14. The van der Waals surface area contributed by atoms with Gasteiger partial charge in [0.25, 0.3) is 0 Å². The first-order valence-electron chi connectivity index (χ1n) is 12.5. The van der Waals surface area contributed by atoms with E-state index >= 15 is 0 Å². The first-order valence-corrected chi connectivity index (χ1v) is 12.5. The van der Waals surface area contributed by atoms with E-state index in [-0.39, 0.29) is 23.0 Å². The van der Waals surface area contributed by atoms with Gasteiger partial charge in [-0.1, -0.05) is 106 Å². The van der Waals surface area contributed by atoms with Crippen LogP contribution >= 0.6 is 0 Å². The highest BCUT2D eigenvalue weighted by molar-refractivity contribution is 5.97. The van der Waals surface area contributed by atoms with Crippen molar-refractivity contribution >= 4 is 11.9 Å². The third-order valence-electron chi connectivity index (χ3n) is 7.81. The third-order valence-corrected chi connectivity index (χ3v) is 7.81. The van der Waals surface area contributed by atoms with E-state index in [1.807, 2.05) is 13.8 Å². The van der Waals surface area contributed by atoms with Crippen molar-refractivity contribution in [1.82, 2.24) is 0 Å². The van der Waals surface area contributed by atoms with Crippen LogP contribution in [0.25, 0.3) is 0 Å². The van der Waals surface area contributed by atoms with Crippen molar-refractivity contribution in [2.24, 2.45) is 11.8 Å². The zero-order valence-corrected chi connectivity index (χ0v) is 21.6. The summed E-state index contributed by atoms with van der Waals surface area (Å²) in [5.74, 6) is -2.19. The molecule has 1 rings (SSSR count). The highest BCUT2D eigenvalue weighted by Crippen LogP contribution is 2.45. The Kier molecular flexibility index (Phi) is 10.4. The molecule has 0 aliphatic heterocycles. The fourth-order valence-electron chi connectivity index (χ4n) is 5.67. The standard InChI is InChI=1S/C28H46O4/c1-9-13-15-19(11-3)27(5,6)22-18-17-21(25(29)30)24(23(22)26(31)32)28(7,8)20(12-4)16-14-10-2/h17-20H,9-16H2,1-8H3,(H,29,30)(H,31,32)/p-2. The van der Waals surface area contributed by atoms with Crippen LogP contribution in [0, 0.1) is 11.8 Å². The molecule has 2 unspecified atom stereocenters. The van der Waals surface area contributed by atoms with E-state index in [1.54, 1.807) is 12.1 Å². The molecule has 182 valence electrons. The Morgan fingerprint density at radius 3 is 1.62 bits per heavy atom. The molecule has 0 fully saturated rings. The smallest absolute Gasteiger partial charge is 0.0721 e. The maximum absolute atomic E-state index is 12.6. The normalized spacial score (nSPS) is 14.2. The molecule has 0 N–H and O–H groups in total. The fourth-order valence-corrected chi connectivity index (χ4v) is 5.67. The van der Waals surface area contributed by atoms with Crippen molar-refractivity contribution in [2.75, 3.05) is 0 Å². The zero-order chi connectivity index (χ0) is 24.7. The van der Waals surface area contributed by atoms with Gasteiger partial charge >= 0.3 is 0 Å². The summed E-state index contributed by atoms with van der Waals surface area (Å²) in [5.41, 5.74) is 0.0123. The molecule has 0 aliphatic rings. The molecule has 0 radical (unpaired) electrons. The van der Waals surface area contributed by atoms with Crippen molar-refractivity contribution in [3.63, 3.8) is 0 Å². The van der Waals surface area contributed by atoms with Gasteiger partial charge in [0, 0.05) is 11.1 Å². The highest BCUT2D eigenvalue weighted by Gasteiger charge is 2.39. The number of hydrogen-bond donors (Lipinski definition) is 0. The van der Waals surface area contributed by atoms with Crippen LogP contribution < -0.4 is 10.2 Å². The summed E-state index contributed by atoms with van der Waals surface area (Å²) < 4.78 is 0. The van der Waals surface area contributed by atoms with Crippen molar-refractivity contribution in [3.8, 4) is 0 Å². The van der Waals surface area contributed by atoms with Gasteiger partial charge in [0.2, 0.25) is 0 Å². The van der Waals surface area contributed by atoms with Gasteiger partial charge in [-0.15, -0.1) is 0 Å². The van der Waals surface area contributed by atoms with Gasteiger partial charge in [-0.25, -0.2) is 0 Å². The Bertz CT molecular complexity index is 776. The number of aromatic carboxylic acids is 2. The van der Waals surface area contributed by atoms with E-state index in [0.29, 0.717) is 11.1 Å². The van der Waals surface area contributed by atoms with Gasteiger partial charge in [-0.2, -0.15) is 0 Å². The van der Waals surface area contributed by atoms with Crippen molar-refractivity contribution < 1.29 is 19.8 Å². The maximum Gasteiger partial charge on any atom is 0.0721 e. The lowest BCUT2D eigenvalue weighted by Gasteiger charge is -2.42. The summed E-state index contributed by atoms with van der Waals surface area (Å²) in [6.45, 7) is 16.6. The second-order valence-corrected chi connectivity index (χ2v) is 10.4. The number of carboxylic acids is 2. The van der Waals surface area contributed by atoms with Gasteiger partial charge in [-0.3, -0.25) is 0 Å². The second kappa shape index (κ2) is 11.9. The van der Waals surface area contributed by atoms with E-state index in [9.17, 15) is 19.8 Å². The van der Waals surface area contributed by atoms with Gasteiger partial charge in [0.05, 0.1) is 11.9 Å². The molecule has 2 atom stereocenters. The quantitative estimate of drug-likeness (QED) is 0.385. The number of carbonyl (C=O) groups excluding carboxylic acids is 2. The number of carboxylic acid groups (broad SMARTS) is 2. The van der Waals surface area contributed by atoms with E-state index in [1.165, 1.54) is 0 Å². The third kappa shape index (κ3) is 5.94. The largest absolute Gasteiger partial charge is 0.545 e. The van der Waals surface area contributed by atoms with Gasteiger partial charge in [0.15, 0.2) is 0 Å². The summed E-state index contributed by atoms with van der Waals surface area (Å²) in [7, 11) is 0. The van der Waals surface area contributed by atoms with Crippen LogP contribution in [0.4, 0.5) is 0 Å². The van der Waals surface area contributed by atoms with Gasteiger partial charge in [-0.05, 0) is 46.6 Å². The molecule has 0 bridgehead atoms. The lowest BCUT2D eigenvalue weighted by molar-refractivity contribution is -0.255. The first-order chi connectivity index (χ1) is 14.9. The molecule has 32 heavy (non-hydrogen) atoms. The number of hydrogen-bond acceptors (Lipinski definition) is 4. The SMILES string of the molecule is CCCCC(CC)C(C)(C)c1ccc(C(=O)[O-])c(C(C)(C)C(CC)CCCC)c1C(=O)[O-]. The minimum absolute atomic E-state index is 0.0229. The van der Waals surface area contributed by atoms with Crippen LogP contribution in [-0.2, 0) is 10.8 Å². The summed E-state index contributed by atoms with van der Waals surface area (Å²) in [6.07, 6.45) is 7.90. The number of benzene rings is 1. The minimum Gasteiger partial charge on any atom is -0.545 e. The first kappa shape index (κ1) is 28.2. The molecule has 4 heteroatoms. The van der Waals surface area contributed by atoms with E-state index in [4.69, 9.17) is 0 Å².